The number of nitrogens with zero attached hydrogens (tertiary/aromatic N) is 2. The fourth-order valence-electron chi connectivity index (χ4n) is 2.08. The first kappa shape index (κ1) is 10.1. The third kappa shape index (κ3) is 1.74. The highest BCUT2D eigenvalue weighted by Gasteiger charge is 2.20. The summed E-state index contributed by atoms with van der Waals surface area (Å²) in [5.74, 6) is 0.199. The van der Waals surface area contributed by atoms with Crippen molar-refractivity contribution in [2.24, 2.45) is 0 Å². The molecular formula is C12H16N2O. The molecule has 0 spiro atoms. The Bertz CT molecular complexity index is 410. The normalized spacial score (nSPS) is 15.0. The number of anilines is 1. The summed E-state index contributed by atoms with van der Waals surface area (Å²) in [4.78, 5) is 18.1. The van der Waals surface area contributed by atoms with E-state index >= 15 is 0 Å². The Balaban J connectivity index is 2.54. The Morgan fingerprint density at radius 1 is 1.33 bits per heavy atom. The van der Waals surface area contributed by atoms with Crippen molar-refractivity contribution >= 4 is 11.5 Å². The monoisotopic (exact) mass is 204 g/mol. The Kier molecular flexibility index (Phi) is 2.47. The Hall–Kier alpha value is -1.38. The molecule has 1 aromatic heterocycles. The van der Waals surface area contributed by atoms with Crippen LogP contribution in [0.1, 0.15) is 34.6 Å². The quantitative estimate of drug-likeness (QED) is 0.701. The van der Waals surface area contributed by atoms with Crippen LogP contribution < -0.4 is 4.90 Å². The molecule has 0 fully saturated rings. The van der Waals surface area contributed by atoms with Gasteiger partial charge in [-0.3, -0.25) is 4.79 Å². The molecule has 0 saturated heterocycles. The Labute approximate surface area is 90.1 Å². The van der Waals surface area contributed by atoms with Crippen molar-refractivity contribution in [3.05, 3.63) is 23.0 Å². The Morgan fingerprint density at radius 3 is 2.73 bits per heavy atom. The minimum Gasteiger partial charge on any atom is -0.376 e. The van der Waals surface area contributed by atoms with Crippen LogP contribution in [0.2, 0.25) is 0 Å². The second-order valence-corrected chi connectivity index (χ2v) is 4.27. The Morgan fingerprint density at radius 2 is 2.07 bits per heavy atom. The summed E-state index contributed by atoms with van der Waals surface area (Å²) in [6.07, 6.45) is 2.60. The smallest absolute Gasteiger partial charge is 0.181 e. The fourth-order valence-corrected chi connectivity index (χ4v) is 2.08. The molecule has 15 heavy (non-hydrogen) atoms. The third-order valence-electron chi connectivity index (χ3n) is 2.86. The zero-order valence-corrected chi connectivity index (χ0v) is 9.50. The van der Waals surface area contributed by atoms with Gasteiger partial charge in [-0.25, -0.2) is 4.98 Å². The number of hydrogen-bond acceptors (Lipinski definition) is 3. The van der Waals surface area contributed by atoms with Crippen LogP contribution in [0.4, 0.5) is 5.69 Å². The molecule has 1 aliphatic rings. The summed E-state index contributed by atoms with van der Waals surface area (Å²) in [7, 11) is 4.00. The van der Waals surface area contributed by atoms with Gasteiger partial charge in [0.2, 0.25) is 0 Å². The average Bonchev–Trinajstić information content (AvgIpc) is 2.18. The second kappa shape index (κ2) is 3.65. The lowest BCUT2D eigenvalue weighted by Gasteiger charge is -2.20. The molecule has 3 heteroatoms. The van der Waals surface area contributed by atoms with Crippen molar-refractivity contribution in [1.29, 1.82) is 0 Å². The van der Waals surface area contributed by atoms with Crippen LogP contribution in [0.15, 0.2) is 6.07 Å². The SMILES string of the molecule is Cc1nc2c(cc1N(C)C)CCCC2=O. The number of pyridine rings is 1. The minimum absolute atomic E-state index is 0.199. The van der Waals surface area contributed by atoms with Crippen molar-refractivity contribution in [2.75, 3.05) is 19.0 Å². The number of rotatable bonds is 1. The van der Waals surface area contributed by atoms with E-state index in [1.807, 2.05) is 25.9 Å². The van der Waals surface area contributed by atoms with E-state index in [-0.39, 0.29) is 5.78 Å². The van der Waals surface area contributed by atoms with Crippen molar-refractivity contribution in [2.45, 2.75) is 26.2 Å². The van der Waals surface area contributed by atoms with E-state index in [0.717, 1.165) is 29.8 Å². The molecule has 3 nitrogen and oxygen atoms in total. The molecule has 0 radical (unpaired) electrons. The number of aryl methyl sites for hydroxylation is 2. The van der Waals surface area contributed by atoms with E-state index in [1.165, 1.54) is 0 Å². The van der Waals surface area contributed by atoms with Crippen LogP contribution in [0.3, 0.4) is 0 Å². The number of Topliss-reactive ketones (excluding diaryl/α,β-unsaturated/α-hetero) is 1. The van der Waals surface area contributed by atoms with E-state index in [1.54, 1.807) is 0 Å². The van der Waals surface area contributed by atoms with Gasteiger partial charge in [-0.05, 0) is 31.4 Å². The van der Waals surface area contributed by atoms with Gasteiger partial charge in [0, 0.05) is 20.5 Å². The van der Waals surface area contributed by atoms with Crippen molar-refractivity contribution < 1.29 is 4.79 Å². The topological polar surface area (TPSA) is 33.2 Å². The first-order valence-corrected chi connectivity index (χ1v) is 5.30. The molecule has 0 aliphatic heterocycles. The van der Waals surface area contributed by atoms with Crippen molar-refractivity contribution in [3.8, 4) is 0 Å². The van der Waals surface area contributed by atoms with Crippen LogP contribution in [0.25, 0.3) is 0 Å². The van der Waals surface area contributed by atoms with E-state index in [2.05, 4.69) is 11.1 Å². The van der Waals surface area contributed by atoms with Crippen LogP contribution >= 0.6 is 0 Å². The molecule has 0 aromatic carbocycles. The summed E-state index contributed by atoms with van der Waals surface area (Å²) in [6.45, 7) is 1.96. The van der Waals surface area contributed by atoms with Crippen LogP contribution in [-0.2, 0) is 6.42 Å². The van der Waals surface area contributed by atoms with Gasteiger partial charge in [-0.2, -0.15) is 0 Å². The summed E-state index contributed by atoms with van der Waals surface area (Å²) < 4.78 is 0. The maximum Gasteiger partial charge on any atom is 0.181 e. The number of carbonyl (C=O) groups excluding carboxylic acids is 1. The lowest BCUT2D eigenvalue weighted by atomic mass is 9.94. The van der Waals surface area contributed by atoms with Gasteiger partial charge in [0.25, 0.3) is 0 Å². The number of ketones is 1. The summed E-state index contributed by atoms with van der Waals surface area (Å²) in [6, 6.07) is 2.11. The molecule has 0 bridgehead atoms. The zero-order valence-electron chi connectivity index (χ0n) is 9.50. The summed E-state index contributed by atoms with van der Waals surface area (Å²) in [5, 5.41) is 0. The third-order valence-corrected chi connectivity index (χ3v) is 2.86. The van der Waals surface area contributed by atoms with E-state index in [9.17, 15) is 4.79 Å². The number of hydrogen-bond donors (Lipinski definition) is 0. The second-order valence-electron chi connectivity index (χ2n) is 4.27. The van der Waals surface area contributed by atoms with Gasteiger partial charge in [-0.15, -0.1) is 0 Å². The predicted molar refractivity (Wildman–Crippen MR) is 60.6 cm³/mol. The average molecular weight is 204 g/mol. The summed E-state index contributed by atoms with van der Waals surface area (Å²) in [5.41, 5.74) is 3.86. The van der Waals surface area contributed by atoms with Crippen molar-refractivity contribution in [1.82, 2.24) is 4.98 Å². The zero-order chi connectivity index (χ0) is 11.0. The van der Waals surface area contributed by atoms with Crippen LogP contribution in [0.5, 0.6) is 0 Å². The van der Waals surface area contributed by atoms with Gasteiger partial charge in [-0.1, -0.05) is 0 Å². The maximum absolute atomic E-state index is 11.6. The molecule has 0 saturated carbocycles. The molecule has 1 aliphatic carbocycles. The van der Waals surface area contributed by atoms with Gasteiger partial charge >= 0.3 is 0 Å². The highest BCUT2D eigenvalue weighted by molar-refractivity contribution is 5.97. The maximum atomic E-state index is 11.6. The molecule has 1 aromatic rings. The number of aromatic nitrogens is 1. The highest BCUT2D eigenvalue weighted by Crippen LogP contribution is 2.25. The van der Waals surface area contributed by atoms with Gasteiger partial charge in [0.05, 0.1) is 11.4 Å². The van der Waals surface area contributed by atoms with Crippen LogP contribution in [-0.4, -0.2) is 24.9 Å². The number of carbonyl (C=O) groups is 1. The van der Waals surface area contributed by atoms with E-state index in [0.29, 0.717) is 12.1 Å². The van der Waals surface area contributed by atoms with E-state index < -0.39 is 0 Å². The fraction of sp³-hybridized carbons (Fsp3) is 0.500. The molecule has 0 atom stereocenters. The van der Waals surface area contributed by atoms with Gasteiger partial charge in [0.1, 0.15) is 5.69 Å². The van der Waals surface area contributed by atoms with E-state index in [4.69, 9.17) is 0 Å². The molecule has 0 amide bonds. The molecule has 1 heterocycles. The lowest BCUT2D eigenvalue weighted by molar-refractivity contribution is 0.0967. The largest absolute Gasteiger partial charge is 0.376 e. The first-order chi connectivity index (χ1) is 7.09. The molecule has 0 unspecified atom stereocenters. The minimum atomic E-state index is 0.199. The first-order valence-electron chi connectivity index (χ1n) is 5.30. The van der Waals surface area contributed by atoms with Crippen LogP contribution in [0, 0.1) is 6.92 Å². The van der Waals surface area contributed by atoms with Gasteiger partial charge < -0.3 is 4.90 Å². The van der Waals surface area contributed by atoms with Gasteiger partial charge in [0.15, 0.2) is 5.78 Å². The number of fused-ring (bicyclic) bond motifs is 1. The molecule has 80 valence electrons. The lowest BCUT2D eigenvalue weighted by Crippen LogP contribution is -2.18. The molecule has 2 rings (SSSR count). The summed E-state index contributed by atoms with van der Waals surface area (Å²) >= 11 is 0. The molecular weight excluding hydrogens is 188 g/mol. The predicted octanol–water partition coefficient (Wildman–Crippen LogP) is 1.98. The van der Waals surface area contributed by atoms with Crippen molar-refractivity contribution in [3.63, 3.8) is 0 Å². The highest BCUT2D eigenvalue weighted by atomic mass is 16.1. The standard InChI is InChI=1S/C12H16N2O/c1-8-10(14(2)3)7-9-5-4-6-11(15)12(9)13-8/h7H,4-6H2,1-3H3. The molecule has 0 N–H and O–H groups in total.